The van der Waals surface area contributed by atoms with Gasteiger partial charge in [0, 0.05) is 13.1 Å². The number of nitrogens with zero attached hydrogens (tertiary/aromatic N) is 1. The highest BCUT2D eigenvalue weighted by molar-refractivity contribution is 5.65. The van der Waals surface area contributed by atoms with Gasteiger partial charge in [-0.3, -0.25) is 0 Å². The van der Waals surface area contributed by atoms with Crippen LogP contribution in [0.5, 0.6) is 0 Å². The maximum atomic E-state index is 11.0. The van der Waals surface area contributed by atoms with Crippen molar-refractivity contribution < 1.29 is 9.90 Å². The van der Waals surface area contributed by atoms with Crippen LogP contribution in [0.3, 0.4) is 0 Å². The van der Waals surface area contributed by atoms with Crippen molar-refractivity contribution in [1.82, 2.24) is 4.90 Å². The van der Waals surface area contributed by atoms with E-state index in [1.165, 1.54) is 50.4 Å². The molecule has 5 aliphatic carbocycles. The molecule has 6 aliphatic rings. The molecule has 104 valence electrons. The lowest BCUT2D eigenvalue weighted by atomic mass is 9.71. The number of carboxylic acid groups (broad SMARTS) is 1. The van der Waals surface area contributed by atoms with Gasteiger partial charge in [0.25, 0.3) is 0 Å². The monoisotopic (exact) mass is 261 g/mol. The molecule has 0 atom stereocenters. The SMILES string of the molecule is O=C(O)N1CCC2(CCCC34C5C3C54CCC2)CC1. The summed E-state index contributed by atoms with van der Waals surface area (Å²) in [6.07, 6.45) is 10.1. The molecule has 5 saturated carbocycles. The summed E-state index contributed by atoms with van der Waals surface area (Å²) in [7, 11) is 0. The predicted octanol–water partition coefficient (Wildman–Crippen LogP) is 3.35. The maximum absolute atomic E-state index is 11.0. The molecule has 0 aromatic carbocycles. The maximum Gasteiger partial charge on any atom is 0.407 e. The number of piperidine rings is 1. The summed E-state index contributed by atoms with van der Waals surface area (Å²) in [5.41, 5.74) is 2.30. The van der Waals surface area contributed by atoms with E-state index in [1.54, 1.807) is 4.90 Å². The number of hydrogen-bond acceptors (Lipinski definition) is 1. The Bertz CT molecular complexity index is 427. The van der Waals surface area contributed by atoms with Gasteiger partial charge in [0.1, 0.15) is 0 Å². The van der Waals surface area contributed by atoms with Crippen LogP contribution >= 0.6 is 0 Å². The van der Waals surface area contributed by atoms with Gasteiger partial charge in [-0.25, -0.2) is 4.79 Å². The molecule has 0 bridgehead atoms. The zero-order chi connectivity index (χ0) is 12.9. The van der Waals surface area contributed by atoms with Crippen LogP contribution in [0.4, 0.5) is 4.79 Å². The molecule has 0 radical (unpaired) electrons. The number of amides is 1. The first-order chi connectivity index (χ1) is 9.16. The zero-order valence-electron chi connectivity index (χ0n) is 11.5. The van der Waals surface area contributed by atoms with Crippen LogP contribution < -0.4 is 0 Å². The van der Waals surface area contributed by atoms with Gasteiger partial charge in [0.2, 0.25) is 0 Å². The van der Waals surface area contributed by atoms with Crippen molar-refractivity contribution in [2.75, 3.05) is 13.1 Å². The standard InChI is InChI=1S/C16H23NO2/c18-13(19)17-9-7-14(8-10-17)3-1-5-15-11-12(15)16(11,15)6-2-4-14/h11-12H,1-10H2,(H,18,19). The summed E-state index contributed by atoms with van der Waals surface area (Å²) in [4.78, 5) is 12.6. The number of likely N-dealkylation sites (tertiary alicyclic amines) is 1. The van der Waals surface area contributed by atoms with E-state index in [0.717, 1.165) is 36.8 Å². The largest absolute Gasteiger partial charge is 0.465 e. The van der Waals surface area contributed by atoms with Crippen LogP contribution in [0, 0.1) is 28.1 Å². The van der Waals surface area contributed by atoms with E-state index in [-0.39, 0.29) is 0 Å². The van der Waals surface area contributed by atoms with Crippen molar-refractivity contribution in [3.05, 3.63) is 0 Å². The van der Waals surface area contributed by atoms with Gasteiger partial charge < -0.3 is 10.0 Å². The molecule has 1 aliphatic heterocycles. The molecule has 3 nitrogen and oxygen atoms in total. The van der Waals surface area contributed by atoms with E-state index < -0.39 is 6.09 Å². The zero-order valence-corrected chi connectivity index (χ0v) is 11.5. The van der Waals surface area contributed by atoms with Crippen LogP contribution in [0.25, 0.3) is 0 Å². The van der Waals surface area contributed by atoms with Crippen molar-refractivity contribution in [2.45, 2.75) is 51.4 Å². The quantitative estimate of drug-likeness (QED) is 0.726. The predicted molar refractivity (Wildman–Crippen MR) is 70.8 cm³/mol. The minimum absolute atomic E-state index is 0.498. The molecule has 3 heteroatoms. The van der Waals surface area contributed by atoms with E-state index in [0.29, 0.717) is 5.41 Å². The Kier molecular flexibility index (Phi) is 1.71. The van der Waals surface area contributed by atoms with Crippen LogP contribution in [0.15, 0.2) is 0 Å². The minimum atomic E-state index is -0.721. The molecule has 1 N–H and O–H groups in total. The highest BCUT2D eigenvalue weighted by Crippen LogP contribution is 3.20. The van der Waals surface area contributed by atoms with Crippen LogP contribution in [-0.2, 0) is 0 Å². The fourth-order valence-electron chi connectivity index (χ4n) is 6.36. The van der Waals surface area contributed by atoms with E-state index in [2.05, 4.69) is 0 Å². The van der Waals surface area contributed by atoms with E-state index in [4.69, 9.17) is 5.11 Å². The van der Waals surface area contributed by atoms with Crippen molar-refractivity contribution in [3.8, 4) is 0 Å². The van der Waals surface area contributed by atoms with E-state index in [9.17, 15) is 4.79 Å². The molecule has 1 saturated heterocycles. The number of carbonyl (C=O) groups is 1. The van der Waals surface area contributed by atoms with Crippen LogP contribution in [0.1, 0.15) is 51.4 Å². The van der Waals surface area contributed by atoms with Crippen molar-refractivity contribution in [2.24, 2.45) is 28.1 Å². The Balaban J connectivity index is 1.26. The first-order valence-corrected chi connectivity index (χ1v) is 8.14. The Hall–Kier alpha value is -0.730. The normalized spacial score (nSPS) is 52.3. The fourth-order valence-corrected chi connectivity index (χ4v) is 6.36. The third-order valence-electron chi connectivity index (χ3n) is 7.72. The highest BCUT2D eigenvalue weighted by Gasteiger charge is 3.17. The summed E-state index contributed by atoms with van der Waals surface area (Å²) >= 11 is 0. The summed E-state index contributed by atoms with van der Waals surface area (Å²) in [6.45, 7) is 1.55. The molecule has 1 heterocycles. The molecule has 0 aromatic rings. The molecule has 6 fully saturated rings. The third kappa shape index (κ3) is 1.11. The lowest BCUT2D eigenvalue weighted by molar-refractivity contribution is 0.0750. The number of hydrogen-bond donors (Lipinski definition) is 1. The van der Waals surface area contributed by atoms with Gasteiger partial charge in [0.15, 0.2) is 0 Å². The molecule has 0 aromatic heterocycles. The summed E-state index contributed by atoms with van der Waals surface area (Å²) in [5, 5.41) is 9.08. The Morgan fingerprint density at radius 1 is 0.895 bits per heavy atom. The van der Waals surface area contributed by atoms with Gasteiger partial charge in [-0.05, 0) is 66.6 Å². The topological polar surface area (TPSA) is 40.5 Å². The van der Waals surface area contributed by atoms with E-state index >= 15 is 0 Å². The molecule has 3 spiro atoms. The first kappa shape index (κ1) is 11.0. The second-order valence-electron chi connectivity index (χ2n) is 8.01. The summed E-state index contributed by atoms with van der Waals surface area (Å²) in [6, 6.07) is 0. The second kappa shape index (κ2) is 2.96. The van der Waals surface area contributed by atoms with Crippen LogP contribution in [-0.4, -0.2) is 29.2 Å². The second-order valence-corrected chi connectivity index (χ2v) is 8.01. The lowest BCUT2D eigenvalue weighted by Crippen LogP contribution is -2.42. The van der Waals surface area contributed by atoms with Gasteiger partial charge in [-0.1, -0.05) is 12.8 Å². The third-order valence-corrected chi connectivity index (χ3v) is 7.72. The molecule has 19 heavy (non-hydrogen) atoms. The fraction of sp³-hybridized carbons (Fsp3) is 0.938. The highest BCUT2D eigenvalue weighted by atomic mass is 16.4. The van der Waals surface area contributed by atoms with Gasteiger partial charge >= 0.3 is 6.09 Å². The molecule has 1 amide bonds. The Morgan fingerprint density at radius 2 is 1.42 bits per heavy atom. The minimum Gasteiger partial charge on any atom is -0.465 e. The first-order valence-electron chi connectivity index (χ1n) is 8.14. The molecule has 0 unspecified atom stereocenters. The average Bonchev–Trinajstić information content (AvgIpc) is 3.28. The summed E-state index contributed by atoms with van der Waals surface area (Å²) < 4.78 is 0. The number of rotatable bonds is 0. The van der Waals surface area contributed by atoms with Crippen molar-refractivity contribution in [1.29, 1.82) is 0 Å². The Labute approximate surface area is 114 Å². The van der Waals surface area contributed by atoms with Crippen molar-refractivity contribution >= 4 is 6.09 Å². The van der Waals surface area contributed by atoms with E-state index in [1.807, 2.05) is 0 Å². The van der Waals surface area contributed by atoms with Gasteiger partial charge in [-0.15, -0.1) is 0 Å². The molecule has 6 rings (SSSR count). The molecular weight excluding hydrogens is 238 g/mol. The van der Waals surface area contributed by atoms with Crippen LogP contribution in [0.2, 0.25) is 0 Å². The van der Waals surface area contributed by atoms with Crippen molar-refractivity contribution in [3.63, 3.8) is 0 Å². The molecular formula is C16H23NO2. The smallest absolute Gasteiger partial charge is 0.407 e. The van der Waals surface area contributed by atoms with Gasteiger partial charge in [0.05, 0.1) is 0 Å². The Morgan fingerprint density at radius 3 is 1.89 bits per heavy atom. The van der Waals surface area contributed by atoms with Gasteiger partial charge in [-0.2, -0.15) is 0 Å². The average molecular weight is 261 g/mol. The summed E-state index contributed by atoms with van der Waals surface area (Å²) in [5.74, 6) is 2.39. The lowest BCUT2D eigenvalue weighted by Gasteiger charge is -2.41.